The molecular weight excluding hydrogens is 361 g/mol. The van der Waals surface area contributed by atoms with Gasteiger partial charge in [-0.25, -0.2) is 14.6 Å². The highest BCUT2D eigenvalue weighted by atomic mass is 19.4. The van der Waals surface area contributed by atoms with Crippen molar-refractivity contribution < 1.29 is 26.7 Å². The molecular formula is C15H10F5N5O. The van der Waals surface area contributed by atoms with Crippen molar-refractivity contribution in [2.75, 3.05) is 0 Å². The molecule has 2 aromatic heterocycles. The molecule has 0 aliphatic carbocycles. The van der Waals surface area contributed by atoms with Gasteiger partial charge >= 0.3 is 6.18 Å². The number of aromatic nitrogens is 3. The zero-order valence-corrected chi connectivity index (χ0v) is 12.8. The molecule has 0 spiro atoms. The monoisotopic (exact) mass is 371 g/mol. The van der Waals surface area contributed by atoms with Crippen LogP contribution in [0.4, 0.5) is 22.0 Å². The summed E-state index contributed by atoms with van der Waals surface area (Å²) >= 11 is 0. The number of hydrogen-bond acceptors (Lipinski definition) is 4. The van der Waals surface area contributed by atoms with Gasteiger partial charge in [0.2, 0.25) is 0 Å². The number of amides is 1. The van der Waals surface area contributed by atoms with Crippen LogP contribution < -0.4 is 11.3 Å². The summed E-state index contributed by atoms with van der Waals surface area (Å²) in [5.41, 5.74) is 0.108. The number of nitrogens with one attached hydrogen (secondary N) is 1. The maximum absolute atomic E-state index is 13.9. The standard InChI is InChI=1S/C15H10F5N5O/c16-9-2-1-7(10(17)4-9)6-25-11-3-8(15(18,19)20)5-22-12(11)13(24-25)14(26)23-21/h1-5H,6,21H2,(H,23,26). The van der Waals surface area contributed by atoms with E-state index in [1.165, 1.54) is 0 Å². The largest absolute Gasteiger partial charge is 0.417 e. The average molecular weight is 371 g/mol. The van der Waals surface area contributed by atoms with Crippen LogP contribution in [0.1, 0.15) is 21.6 Å². The Balaban J connectivity index is 2.17. The Morgan fingerprint density at radius 3 is 2.58 bits per heavy atom. The molecule has 6 nitrogen and oxygen atoms in total. The highest BCUT2D eigenvalue weighted by Crippen LogP contribution is 2.31. The van der Waals surface area contributed by atoms with Crippen LogP contribution in [-0.2, 0) is 12.7 Å². The summed E-state index contributed by atoms with van der Waals surface area (Å²) < 4.78 is 66.7. The molecule has 0 saturated heterocycles. The Morgan fingerprint density at radius 2 is 1.96 bits per heavy atom. The van der Waals surface area contributed by atoms with Crippen LogP contribution in [0.15, 0.2) is 30.5 Å². The first kappa shape index (κ1) is 17.7. The van der Waals surface area contributed by atoms with E-state index in [1.807, 2.05) is 5.43 Å². The fraction of sp³-hybridized carbons (Fsp3) is 0.133. The van der Waals surface area contributed by atoms with Crippen LogP contribution in [0.2, 0.25) is 0 Å². The van der Waals surface area contributed by atoms with Crippen LogP contribution in [-0.4, -0.2) is 20.7 Å². The van der Waals surface area contributed by atoms with Crippen LogP contribution in [0.5, 0.6) is 0 Å². The van der Waals surface area contributed by atoms with Crippen LogP contribution >= 0.6 is 0 Å². The van der Waals surface area contributed by atoms with Crippen molar-refractivity contribution >= 4 is 16.9 Å². The minimum atomic E-state index is -4.67. The number of benzene rings is 1. The number of rotatable bonds is 3. The Bertz CT molecular complexity index is 998. The van der Waals surface area contributed by atoms with Gasteiger partial charge in [0.1, 0.15) is 17.2 Å². The highest BCUT2D eigenvalue weighted by Gasteiger charge is 2.32. The fourth-order valence-electron chi connectivity index (χ4n) is 2.36. The van der Waals surface area contributed by atoms with Gasteiger partial charge in [-0.3, -0.25) is 19.9 Å². The van der Waals surface area contributed by atoms with Crippen LogP contribution in [0.25, 0.3) is 11.0 Å². The third kappa shape index (κ3) is 3.20. The van der Waals surface area contributed by atoms with Crippen molar-refractivity contribution in [3.63, 3.8) is 0 Å². The first-order valence-electron chi connectivity index (χ1n) is 7.09. The lowest BCUT2D eigenvalue weighted by Gasteiger charge is -2.08. The lowest BCUT2D eigenvalue weighted by Crippen LogP contribution is -2.30. The summed E-state index contributed by atoms with van der Waals surface area (Å²) in [4.78, 5) is 15.4. The van der Waals surface area contributed by atoms with E-state index in [2.05, 4.69) is 10.1 Å². The first-order chi connectivity index (χ1) is 12.2. The summed E-state index contributed by atoms with van der Waals surface area (Å²) in [5, 5.41) is 3.88. The summed E-state index contributed by atoms with van der Waals surface area (Å²) in [5.74, 6) is 2.46. The Hall–Kier alpha value is -3.08. The van der Waals surface area contributed by atoms with Crippen LogP contribution in [0, 0.1) is 11.6 Å². The van der Waals surface area contributed by atoms with Crippen molar-refractivity contribution in [1.82, 2.24) is 20.2 Å². The molecule has 0 unspecified atom stereocenters. The molecule has 2 heterocycles. The number of nitrogens with two attached hydrogens (primary N) is 1. The number of fused-ring (bicyclic) bond motifs is 1. The minimum absolute atomic E-state index is 0.0343. The molecule has 0 bridgehead atoms. The van der Waals surface area contributed by atoms with Gasteiger partial charge in [-0.05, 0) is 12.1 Å². The smallest absolute Gasteiger partial charge is 0.289 e. The number of nitrogen functional groups attached to an aromatic ring is 1. The number of carbonyl (C=O) groups excluding carboxylic acids is 1. The highest BCUT2D eigenvalue weighted by molar-refractivity contribution is 6.03. The second-order valence-electron chi connectivity index (χ2n) is 5.30. The molecule has 0 radical (unpaired) electrons. The molecule has 0 atom stereocenters. The van der Waals surface area contributed by atoms with E-state index in [4.69, 9.17) is 5.84 Å². The number of pyridine rings is 1. The van der Waals surface area contributed by atoms with Gasteiger partial charge in [0.15, 0.2) is 5.69 Å². The molecule has 1 aromatic carbocycles. The zero-order valence-electron chi connectivity index (χ0n) is 12.8. The van der Waals surface area contributed by atoms with E-state index >= 15 is 0 Å². The molecule has 11 heteroatoms. The van der Waals surface area contributed by atoms with Gasteiger partial charge < -0.3 is 0 Å². The van der Waals surface area contributed by atoms with E-state index < -0.39 is 29.3 Å². The molecule has 26 heavy (non-hydrogen) atoms. The predicted molar refractivity (Wildman–Crippen MR) is 79.6 cm³/mol. The maximum Gasteiger partial charge on any atom is 0.417 e. The number of hydrogen-bond donors (Lipinski definition) is 2. The molecule has 136 valence electrons. The zero-order chi connectivity index (χ0) is 19.1. The number of carbonyl (C=O) groups is 1. The maximum atomic E-state index is 13.9. The van der Waals surface area contributed by atoms with E-state index in [-0.39, 0.29) is 28.8 Å². The summed E-state index contributed by atoms with van der Waals surface area (Å²) in [6.07, 6.45) is -4.12. The van der Waals surface area contributed by atoms with Crippen LogP contribution in [0.3, 0.4) is 0 Å². The minimum Gasteiger partial charge on any atom is -0.289 e. The normalized spacial score (nSPS) is 11.8. The van der Waals surface area contributed by atoms with Crippen molar-refractivity contribution in [2.24, 2.45) is 5.84 Å². The second kappa shape index (κ2) is 6.33. The lowest BCUT2D eigenvalue weighted by atomic mass is 10.2. The van der Waals surface area contributed by atoms with E-state index in [0.29, 0.717) is 12.3 Å². The Labute approximate surface area is 142 Å². The van der Waals surface area contributed by atoms with Crippen molar-refractivity contribution in [1.29, 1.82) is 0 Å². The van der Waals surface area contributed by atoms with Crippen molar-refractivity contribution in [3.8, 4) is 0 Å². The molecule has 3 rings (SSSR count). The van der Waals surface area contributed by atoms with Gasteiger partial charge in [-0.15, -0.1) is 0 Å². The van der Waals surface area contributed by atoms with E-state index in [9.17, 15) is 26.7 Å². The fourth-order valence-corrected chi connectivity index (χ4v) is 2.36. The number of nitrogens with zero attached hydrogens (tertiary/aromatic N) is 3. The third-order valence-electron chi connectivity index (χ3n) is 3.60. The molecule has 3 aromatic rings. The van der Waals surface area contributed by atoms with Gasteiger partial charge in [0.05, 0.1) is 17.6 Å². The van der Waals surface area contributed by atoms with Gasteiger partial charge in [-0.2, -0.15) is 18.3 Å². The van der Waals surface area contributed by atoms with E-state index in [0.717, 1.165) is 22.9 Å². The number of hydrazine groups is 1. The molecule has 0 aliphatic heterocycles. The number of halogens is 5. The molecule has 3 N–H and O–H groups in total. The van der Waals surface area contributed by atoms with Crippen molar-refractivity contribution in [3.05, 3.63) is 58.9 Å². The SMILES string of the molecule is NNC(=O)c1nn(Cc2ccc(F)cc2F)c2cc(C(F)(F)F)cnc12. The predicted octanol–water partition coefficient (Wildman–Crippen LogP) is 2.38. The summed E-state index contributed by atoms with van der Waals surface area (Å²) in [6.45, 7) is -0.344. The third-order valence-corrected chi connectivity index (χ3v) is 3.60. The topological polar surface area (TPSA) is 85.8 Å². The van der Waals surface area contributed by atoms with E-state index in [1.54, 1.807) is 0 Å². The Kier molecular flexibility index (Phi) is 4.32. The second-order valence-corrected chi connectivity index (χ2v) is 5.30. The molecule has 0 aliphatic rings. The quantitative estimate of drug-likeness (QED) is 0.320. The number of alkyl halides is 3. The van der Waals surface area contributed by atoms with Gasteiger partial charge in [0.25, 0.3) is 5.91 Å². The van der Waals surface area contributed by atoms with Gasteiger partial charge in [0, 0.05) is 17.8 Å². The molecule has 0 fully saturated rings. The molecule has 1 amide bonds. The van der Waals surface area contributed by atoms with Crippen molar-refractivity contribution in [2.45, 2.75) is 12.7 Å². The summed E-state index contributed by atoms with van der Waals surface area (Å²) in [7, 11) is 0. The lowest BCUT2D eigenvalue weighted by molar-refractivity contribution is -0.137. The van der Waals surface area contributed by atoms with Gasteiger partial charge in [-0.1, -0.05) is 6.07 Å². The Morgan fingerprint density at radius 1 is 1.23 bits per heavy atom. The molecule has 0 saturated carbocycles. The summed E-state index contributed by atoms with van der Waals surface area (Å²) in [6, 6.07) is 3.50. The first-order valence-corrected chi connectivity index (χ1v) is 7.09. The average Bonchev–Trinajstić information content (AvgIpc) is 2.94.